The van der Waals surface area contributed by atoms with Crippen LogP contribution in [0, 0.1) is 0 Å². The zero-order chi connectivity index (χ0) is 14.7. The third-order valence-electron chi connectivity index (χ3n) is 3.33. The summed E-state index contributed by atoms with van der Waals surface area (Å²) in [5.41, 5.74) is 6.65. The molecule has 0 amide bonds. The Morgan fingerprint density at radius 3 is 2.48 bits per heavy atom. The topological polar surface area (TPSA) is 48.1 Å². The molecule has 0 aliphatic rings. The van der Waals surface area contributed by atoms with E-state index in [1.807, 2.05) is 54.6 Å². The van der Waals surface area contributed by atoms with Crippen LogP contribution in [-0.4, -0.2) is 11.5 Å². The van der Waals surface area contributed by atoms with Crippen LogP contribution in [0.3, 0.4) is 0 Å². The van der Waals surface area contributed by atoms with Gasteiger partial charge < -0.3 is 10.5 Å². The lowest BCUT2D eigenvalue weighted by Gasteiger charge is -2.18. The van der Waals surface area contributed by atoms with Gasteiger partial charge in [0.25, 0.3) is 0 Å². The summed E-state index contributed by atoms with van der Waals surface area (Å²) in [4.78, 5) is 4.31. The Hall–Kier alpha value is -2.10. The van der Waals surface area contributed by atoms with Gasteiger partial charge in [0.05, 0.1) is 5.69 Å². The van der Waals surface area contributed by atoms with E-state index < -0.39 is 0 Å². The molecular weight excluding hydrogens is 284 g/mol. The van der Waals surface area contributed by atoms with Gasteiger partial charge >= 0.3 is 0 Å². The summed E-state index contributed by atoms with van der Waals surface area (Å²) in [6, 6.07) is 17.3. The highest BCUT2D eigenvalue weighted by atomic mass is 35.5. The van der Waals surface area contributed by atoms with Crippen LogP contribution < -0.4 is 10.5 Å². The molecule has 3 nitrogen and oxygen atoms in total. The molecule has 3 rings (SSSR count). The maximum absolute atomic E-state index is 6.22. The molecule has 0 spiro atoms. The van der Waals surface area contributed by atoms with Crippen molar-refractivity contribution in [3.63, 3.8) is 0 Å². The van der Waals surface area contributed by atoms with Crippen molar-refractivity contribution in [1.29, 1.82) is 0 Å². The number of benzene rings is 2. The van der Waals surface area contributed by atoms with Crippen molar-refractivity contribution >= 4 is 22.4 Å². The number of aromatic nitrogens is 1. The fourth-order valence-corrected chi connectivity index (χ4v) is 2.51. The molecular formula is C17H15ClN2O. The van der Waals surface area contributed by atoms with E-state index in [9.17, 15) is 0 Å². The maximum Gasteiger partial charge on any atom is 0.153 e. The van der Waals surface area contributed by atoms with Crippen LogP contribution in [-0.2, 0) is 0 Å². The maximum atomic E-state index is 6.22. The minimum atomic E-state index is -0.282. The molecule has 1 atom stereocenters. The second-order valence-corrected chi connectivity index (χ2v) is 5.10. The molecule has 21 heavy (non-hydrogen) atoms. The quantitative estimate of drug-likeness (QED) is 0.793. The van der Waals surface area contributed by atoms with Gasteiger partial charge in [-0.1, -0.05) is 41.9 Å². The lowest BCUT2D eigenvalue weighted by atomic mass is 10.1. The van der Waals surface area contributed by atoms with Crippen LogP contribution in [0.15, 0.2) is 60.8 Å². The normalized spacial score (nSPS) is 12.3. The Kier molecular flexibility index (Phi) is 4.04. The first kappa shape index (κ1) is 13.9. The minimum absolute atomic E-state index is 0.282. The van der Waals surface area contributed by atoms with Gasteiger partial charge in [-0.2, -0.15) is 0 Å². The summed E-state index contributed by atoms with van der Waals surface area (Å²) in [6.07, 6.45) is 1.46. The number of hydrogen-bond acceptors (Lipinski definition) is 3. The van der Waals surface area contributed by atoms with Gasteiger partial charge in [0, 0.05) is 28.5 Å². The Labute approximate surface area is 128 Å². The highest BCUT2D eigenvalue weighted by molar-refractivity contribution is 6.35. The lowest BCUT2D eigenvalue weighted by molar-refractivity contribution is 0.212. The summed E-state index contributed by atoms with van der Waals surface area (Å²) in [5.74, 6) is 0.760. The van der Waals surface area contributed by atoms with Crippen LogP contribution in [0.2, 0.25) is 5.02 Å². The third-order valence-corrected chi connectivity index (χ3v) is 3.66. The molecule has 0 saturated heterocycles. The monoisotopic (exact) mass is 298 g/mol. The summed E-state index contributed by atoms with van der Waals surface area (Å²) >= 11 is 6.22. The van der Waals surface area contributed by atoms with Crippen LogP contribution in [0.1, 0.15) is 11.8 Å². The molecule has 1 unspecified atom stereocenters. The first-order chi connectivity index (χ1) is 10.3. The largest absolute Gasteiger partial charge is 0.482 e. The first-order valence-corrected chi connectivity index (χ1v) is 7.12. The van der Waals surface area contributed by atoms with Gasteiger partial charge in [-0.15, -0.1) is 0 Å². The third kappa shape index (κ3) is 2.84. The fourth-order valence-electron chi connectivity index (χ4n) is 2.29. The summed E-state index contributed by atoms with van der Waals surface area (Å²) in [5, 5.41) is 2.65. The van der Waals surface area contributed by atoms with E-state index in [2.05, 4.69) is 4.98 Å². The van der Waals surface area contributed by atoms with E-state index in [4.69, 9.17) is 22.1 Å². The zero-order valence-electron chi connectivity index (χ0n) is 11.4. The van der Waals surface area contributed by atoms with Gasteiger partial charge in [0.1, 0.15) is 5.75 Å². The number of hydrogen-bond donors (Lipinski definition) is 1. The van der Waals surface area contributed by atoms with Gasteiger partial charge in [0.2, 0.25) is 0 Å². The van der Waals surface area contributed by atoms with E-state index in [0.717, 1.165) is 22.2 Å². The van der Waals surface area contributed by atoms with Crippen molar-refractivity contribution in [2.75, 3.05) is 6.54 Å². The van der Waals surface area contributed by atoms with Crippen molar-refractivity contribution in [2.45, 2.75) is 6.10 Å². The molecule has 0 bridgehead atoms. The SMILES string of the molecule is NCC(Oc1ccc(Cl)c2ccccc12)c1ccccn1. The van der Waals surface area contributed by atoms with E-state index in [1.54, 1.807) is 6.20 Å². The molecule has 106 valence electrons. The first-order valence-electron chi connectivity index (χ1n) is 6.74. The van der Waals surface area contributed by atoms with Gasteiger partial charge in [0.15, 0.2) is 6.10 Å². The molecule has 0 aliphatic heterocycles. The molecule has 0 saturated carbocycles. The highest BCUT2D eigenvalue weighted by Gasteiger charge is 2.14. The van der Waals surface area contributed by atoms with Crippen molar-refractivity contribution in [3.8, 4) is 5.75 Å². The van der Waals surface area contributed by atoms with Crippen molar-refractivity contribution in [3.05, 3.63) is 71.5 Å². The van der Waals surface area contributed by atoms with Gasteiger partial charge in [-0.3, -0.25) is 4.98 Å². The number of pyridine rings is 1. The predicted molar refractivity (Wildman–Crippen MR) is 85.6 cm³/mol. The van der Waals surface area contributed by atoms with E-state index in [-0.39, 0.29) is 6.10 Å². The van der Waals surface area contributed by atoms with Crippen molar-refractivity contribution < 1.29 is 4.74 Å². The summed E-state index contributed by atoms with van der Waals surface area (Å²) in [6.45, 7) is 0.355. The number of halogens is 1. The van der Waals surface area contributed by atoms with Crippen LogP contribution in [0.25, 0.3) is 10.8 Å². The molecule has 2 N–H and O–H groups in total. The lowest BCUT2D eigenvalue weighted by Crippen LogP contribution is -2.19. The fraction of sp³-hybridized carbons (Fsp3) is 0.118. The van der Waals surface area contributed by atoms with Crippen molar-refractivity contribution in [1.82, 2.24) is 4.98 Å². The smallest absolute Gasteiger partial charge is 0.153 e. The average Bonchev–Trinajstić information content (AvgIpc) is 2.55. The summed E-state index contributed by atoms with van der Waals surface area (Å²) < 4.78 is 6.07. The molecule has 1 aromatic heterocycles. The Balaban J connectivity index is 1.99. The van der Waals surface area contributed by atoms with Crippen molar-refractivity contribution in [2.24, 2.45) is 5.73 Å². The van der Waals surface area contributed by atoms with Crippen LogP contribution >= 0.6 is 11.6 Å². The second kappa shape index (κ2) is 6.12. The Bertz CT molecular complexity index is 746. The molecule has 1 heterocycles. The minimum Gasteiger partial charge on any atom is -0.482 e. The van der Waals surface area contributed by atoms with Gasteiger partial charge in [-0.25, -0.2) is 0 Å². The Morgan fingerprint density at radius 2 is 1.76 bits per heavy atom. The molecule has 3 aromatic rings. The second-order valence-electron chi connectivity index (χ2n) is 4.69. The number of nitrogens with zero attached hydrogens (tertiary/aromatic N) is 1. The molecule has 0 radical (unpaired) electrons. The van der Waals surface area contributed by atoms with Gasteiger partial charge in [-0.05, 0) is 24.3 Å². The molecule has 2 aromatic carbocycles. The van der Waals surface area contributed by atoms with Crippen LogP contribution in [0.5, 0.6) is 5.75 Å². The zero-order valence-corrected chi connectivity index (χ0v) is 12.1. The molecule has 0 aliphatic carbocycles. The number of fused-ring (bicyclic) bond motifs is 1. The van der Waals surface area contributed by atoms with E-state index in [0.29, 0.717) is 11.6 Å². The summed E-state index contributed by atoms with van der Waals surface area (Å²) in [7, 11) is 0. The standard InChI is InChI=1S/C17H15ClN2O/c18-14-8-9-16(13-6-2-1-5-12(13)14)21-17(11-19)15-7-3-4-10-20-15/h1-10,17H,11,19H2. The van der Waals surface area contributed by atoms with E-state index >= 15 is 0 Å². The predicted octanol–water partition coefficient (Wildman–Crippen LogP) is 3.97. The molecule has 4 heteroatoms. The van der Waals surface area contributed by atoms with E-state index in [1.165, 1.54) is 0 Å². The van der Waals surface area contributed by atoms with Crippen LogP contribution in [0.4, 0.5) is 0 Å². The number of ether oxygens (including phenoxy) is 1. The number of nitrogens with two attached hydrogens (primary N) is 1. The Morgan fingerprint density at radius 1 is 1.00 bits per heavy atom. The average molecular weight is 299 g/mol. The highest BCUT2D eigenvalue weighted by Crippen LogP contribution is 2.33. The number of rotatable bonds is 4. The molecule has 0 fully saturated rings.